The summed E-state index contributed by atoms with van der Waals surface area (Å²) in [4.78, 5) is 26.0. The molecule has 190 valence electrons. The topological polar surface area (TPSA) is 80.9 Å². The molecule has 36 heavy (non-hydrogen) atoms. The van der Waals surface area contributed by atoms with E-state index in [9.17, 15) is 4.79 Å². The van der Waals surface area contributed by atoms with E-state index in [0.717, 1.165) is 56.2 Å². The lowest BCUT2D eigenvalue weighted by Gasteiger charge is -2.60. The second kappa shape index (κ2) is 8.65. The van der Waals surface area contributed by atoms with E-state index in [4.69, 9.17) is 4.98 Å². The van der Waals surface area contributed by atoms with Crippen LogP contribution in [0.4, 0.5) is 5.95 Å². The molecule has 0 spiro atoms. The molecule has 0 unspecified atom stereocenters. The zero-order chi connectivity index (χ0) is 24.3. The molecule has 1 saturated heterocycles. The molecule has 4 bridgehead atoms. The van der Waals surface area contributed by atoms with Crippen molar-refractivity contribution >= 4 is 38.8 Å². The molecule has 0 radical (unpaired) electrons. The zero-order valence-electron chi connectivity index (χ0n) is 20.7. The molecule has 8 rings (SSSR count). The largest absolute Gasteiger partial charge is 0.309 e. The molecule has 5 fully saturated rings. The number of carbonyl (C=O) groups excluding carboxylic acids is 1. The highest BCUT2D eigenvalue weighted by molar-refractivity contribution is 9.10. The number of aromatic nitrogens is 5. The molecule has 2 atom stereocenters. The first-order valence-electron chi connectivity index (χ1n) is 13.6. The lowest BCUT2D eigenvalue weighted by atomic mass is 9.46. The molecule has 1 aromatic carbocycles. The zero-order valence-corrected chi connectivity index (χ0v) is 22.3. The van der Waals surface area contributed by atoms with Gasteiger partial charge in [0.25, 0.3) is 0 Å². The summed E-state index contributed by atoms with van der Waals surface area (Å²) in [7, 11) is 0. The maximum atomic E-state index is 14.2. The van der Waals surface area contributed by atoms with Crippen LogP contribution in [0.3, 0.4) is 0 Å². The minimum Gasteiger partial charge on any atom is -0.309 e. The van der Waals surface area contributed by atoms with E-state index in [0.29, 0.717) is 22.5 Å². The van der Waals surface area contributed by atoms with Crippen molar-refractivity contribution in [3.63, 3.8) is 0 Å². The van der Waals surface area contributed by atoms with Gasteiger partial charge in [-0.2, -0.15) is 0 Å². The summed E-state index contributed by atoms with van der Waals surface area (Å²) in [6.45, 7) is 4.16. The predicted octanol–water partition coefficient (Wildman–Crippen LogP) is 4.81. The van der Waals surface area contributed by atoms with Crippen LogP contribution in [0.25, 0.3) is 11.0 Å². The lowest BCUT2D eigenvalue weighted by Crippen LogP contribution is -2.60. The second-order valence-electron chi connectivity index (χ2n) is 11.9. The highest BCUT2D eigenvalue weighted by atomic mass is 79.9. The van der Waals surface area contributed by atoms with Crippen LogP contribution >= 0.6 is 15.9 Å². The molecule has 3 heterocycles. The molecular weight excluding hydrogens is 518 g/mol. The number of hydrogen-bond donors (Lipinski definition) is 1. The molecule has 1 amide bonds. The summed E-state index contributed by atoms with van der Waals surface area (Å²) in [5.74, 6) is 1.98. The number of fused-ring (bicyclic) bond motifs is 1. The number of imidazole rings is 1. The fourth-order valence-electron chi connectivity index (χ4n) is 8.28. The molecule has 9 heteroatoms. The van der Waals surface area contributed by atoms with Gasteiger partial charge in [-0.3, -0.25) is 10.1 Å². The molecular formula is C27H34BrN7O. The Bertz CT molecular complexity index is 1280. The van der Waals surface area contributed by atoms with Crippen molar-refractivity contribution in [2.45, 2.75) is 69.9 Å². The van der Waals surface area contributed by atoms with Crippen LogP contribution in [0.2, 0.25) is 0 Å². The first kappa shape index (κ1) is 22.9. The third-order valence-electron chi connectivity index (χ3n) is 9.43. The molecule has 8 nitrogen and oxygen atoms in total. The van der Waals surface area contributed by atoms with E-state index in [-0.39, 0.29) is 16.9 Å². The van der Waals surface area contributed by atoms with Crippen LogP contribution in [0.15, 0.2) is 35.3 Å². The van der Waals surface area contributed by atoms with Crippen LogP contribution in [0.1, 0.15) is 57.8 Å². The van der Waals surface area contributed by atoms with Crippen LogP contribution in [-0.4, -0.2) is 54.8 Å². The van der Waals surface area contributed by atoms with E-state index in [1.807, 2.05) is 18.5 Å². The van der Waals surface area contributed by atoms with E-state index in [2.05, 4.69) is 57.6 Å². The number of halogens is 1. The minimum atomic E-state index is -0.363. The average Bonchev–Trinajstić information content (AvgIpc) is 3.46. The number of likely N-dealkylation sites (tertiary alicyclic amines) is 1. The average molecular weight is 553 g/mol. The number of benzene rings is 1. The van der Waals surface area contributed by atoms with Crippen LogP contribution in [-0.2, 0) is 16.9 Å². The number of para-hydroxylation sites is 2. The second-order valence-corrected chi connectivity index (χ2v) is 12.6. The number of anilines is 1. The molecule has 1 N–H and O–H groups in total. The summed E-state index contributed by atoms with van der Waals surface area (Å²) < 4.78 is 4.91. The van der Waals surface area contributed by atoms with Gasteiger partial charge in [0.2, 0.25) is 16.6 Å². The van der Waals surface area contributed by atoms with E-state index in [1.54, 1.807) is 0 Å². The highest BCUT2D eigenvalue weighted by Crippen LogP contribution is 2.64. The Hall–Kier alpha value is -2.26. The summed E-state index contributed by atoms with van der Waals surface area (Å²) >= 11 is 3.43. The summed E-state index contributed by atoms with van der Waals surface area (Å²) in [6.07, 6.45) is 12.0. The van der Waals surface area contributed by atoms with Gasteiger partial charge in [-0.25, -0.2) is 14.6 Å². The molecule has 4 aliphatic carbocycles. The van der Waals surface area contributed by atoms with Crippen LogP contribution in [0, 0.1) is 17.3 Å². The number of nitrogens with one attached hydrogen (secondary N) is 1. The molecule has 5 aliphatic rings. The number of piperidine rings is 1. The van der Waals surface area contributed by atoms with Gasteiger partial charge in [-0.05, 0) is 104 Å². The summed E-state index contributed by atoms with van der Waals surface area (Å²) in [6, 6.07) is 8.25. The van der Waals surface area contributed by atoms with Crippen molar-refractivity contribution < 1.29 is 4.79 Å². The predicted molar refractivity (Wildman–Crippen MR) is 141 cm³/mol. The van der Waals surface area contributed by atoms with Gasteiger partial charge in [0, 0.05) is 13.1 Å². The van der Waals surface area contributed by atoms with Gasteiger partial charge in [0.1, 0.15) is 6.33 Å². The molecule has 2 aromatic heterocycles. The van der Waals surface area contributed by atoms with Gasteiger partial charge in [0.15, 0.2) is 0 Å². The maximum Gasteiger partial charge on any atom is 0.233 e. The van der Waals surface area contributed by atoms with Gasteiger partial charge in [-0.15, -0.1) is 5.10 Å². The summed E-state index contributed by atoms with van der Waals surface area (Å²) in [5, 5.41) is 8.01. The normalized spacial score (nSPS) is 31.8. The lowest BCUT2D eigenvalue weighted by molar-refractivity contribution is -0.150. The smallest absolute Gasteiger partial charge is 0.233 e. The number of rotatable bonds is 6. The van der Waals surface area contributed by atoms with Gasteiger partial charge in [0.05, 0.1) is 22.0 Å². The fourth-order valence-corrected chi connectivity index (χ4v) is 8.54. The minimum absolute atomic E-state index is 0.102. The Kier molecular flexibility index (Phi) is 5.50. The first-order valence-corrected chi connectivity index (χ1v) is 14.4. The molecule has 1 aliphatic heterocycles. The number of hydrogen-bond acceptors (Lipinski definition) is 5. The molecule has 4 saturated carbocycles. The first-order chi connectivity index (χ1) is 17.5. The SMILES string of the molecule is O=C(Nc1nc2ccccc2n1CCN1CCCCC1)C12C[C@@H]3C[C@@H](C1)CC(n1cnc(Br)n1)(C3)C2. The Morgan fingerprint density at radius 1 is 1.06 bits per heavy atom. The monoisotopic (exact) mass is 551 g/mol. The Labute approximate surface area is 220 Å². The Balaban J connectivity index is 1.18. The number of carbonyl (C=O) groups is 1. The van der Waals surface area contributed by atoms with Crippen LogP contribution < -0.4 is 5.32 Å². The number of amides is 1. The Morgan fingerprint density at radius 2 is 1.83 bits per heavy atom. The standard InChI is InChI=1S/C27H34BrN7O/c28-24-29-18-35(32-24)27-15-19-12-20(16-27)14-26(13-19,17-27)23(36)31-25-30-21-6-2-3-7-22(21)34(25)11-10-33-8-4-1-5-9-33/h2-3,6-7,18-20H,1,4-5,8-17H2,(H,30,31,36)/t19-,20-,26?,27?/m0/s1. The van der Waals surface area contributed by atoms with Crippen LogP contribution in [0.5, 0.6) is 0 Å². The Morgan fingerprint density at radius 3 is 2.58 bits per heavy atom. The van der Waals surface area contributed by atoms with Crippen molar-refractivity contribution in [2.75, 3.05) is 25.0 Å². The molecule has 3 aromatic rings. The van der Waals surface area contributed by atoms with Crippen molar-refractivity contribution in [2.24, 2.45) is 17.3 Å². The van der Waals surface area contributed by atoms with Crippen molar-refractivity contribution in [1.82, 2.24) is 29.2 Å². The van der Waals surface area contributed by atoms with Gasteiger partial charge in [-0.1, -0.05) is 18.6 Å². The highest BCUT2D eigenvalue weighted by Gasteiger charge is 2.61. The third kappa shape index (κ3) is 3.81. The third-order valence-corrected chi connectivity index (χ3v) is 9.79. The maximum absolute atomic E-state index is 14.2. The number of nitrogens with zero attached hydrogens (tertiary/aromatic N) is 6. The summed E-state index contributed by atoms with van der Waals surface area (Å²) in [5.41, 5.74) is 1.58. The van der Waals surface area contributed by atoms with E-state index in [1.165, 1.54) is 38.8 Å². The van der Waals surface area contributed by atoms with Crippen molar-refractivity contribution in [3.05, 3.63) is 35.3 Å². The van der Waals surface area contributed by atoms with Gasteiger partial charge >= 0.3 is 0 Å². The van der Waals surface area contributed by atoms with E-state index >= 15 is 0 Å². The van der Waals surface area contributed by atoms with E-state index < -0.39 is 0 Å². The van der Waals surface area contributed by atoms with Crippen molar-refractivity contribution in [3.8, 4) is 0 Å². The fraction of sp³-hybridized carbons (Fsp3) is 0.630. The quantitative estimate of drug-likeness (QED) is 0.475. The van der Waals surface area contributed by atoms with Gasteiger partial charge < -0.3 is 9.47 Å². The van der Waals surface area contributed by atoms with Crippen molar-refractivity contribution in [1.29, 1.82) is 0 Å².